The van der Waals surface area contributed by atoms with Crippen LogP contribution in [0.25, 0.3) is 0 Å². The normalized spacial score (nSPS) is 14.7. The summed E-state index contributed by atoms with van der Waals surface area (Å²) in [6.45, 7) is 6.30. The molecular formula is C8H15NO3. The lowest BCUT2D eigenvalue weighted by molar-refractivity contribution is -0.147. The maximum Gasteiger partial charge on any atom is 0.302 e. The van der Waals surface area contributed by atoms with Gasteiger partial charge in [-0.2, -0.15) is 0 Å². The van der Waals surface area contributed by atoms with Crippen LogP contribution in [0.4, 0.5) is 0 Å². The summed E-state index contributed by atoms with van der Waals surface area (Å²) in [4.78, 5) is 21.1. The Morgan fingerprint density at radius 1 is 1.25 bits per heavy atom. The summed E-state index contributed by atoms with van der Waals surface area (Å²) in [5, 5.41) is 2.63. The molecule has 1 amide bonds. The van der Waals surface area contributed by atoms with Crippen LogP contribution in [0.3, 0.4) is 0 Å². The molecule has 0 radical (unpaired) electrons. The second-order valence-electron chi connectivity index (χ2n) is 2.80. The first-order valence-corrected chi connectivity index (χ1v) is 3.87. The molecule has 0 spiro atoms. The number of hydrogen-bond acceptors (Lipinski definition) is 3. The molecule has 0 heterocycles. The zero-order valence-corrected chi connectivity index (χ0v) is 7.88. The summed E-state index contributed by atoms with van der Waals surface area (Å²) in [5.74, 6) is -0.457. The number of esters is 1. The van der Waals surface area contributed by atoms with Gasteiger partial charge in [-0.1, -0.05) is 0 Å². The van der Waals surface area contributed by atoms with Crippen molar-refractivity contribution in [1.82, 2.24) is 5.32 Å². The molecule has 0 aromatic rings. The van der Waals surface area contributed by atoms with Crippen LogP contribution in [0.2, 0.25) is 0 Å². The molecule has 4 nitrogen and oxygen atoms in total. The van der Waals surface area contributed by atoms with Crippen molar-refractivity contribution >= 4 is 11.9 Å². The van der Waals surface area contributed by atoms with E-state index in [1.165, 1.54) is 13.8 Å². The number of hydrogen-bond donors (Lipinski definition) is 1. The molecule has 0 aromatic carbocycles. The highest BCUT2D eigenvalue weighted by Crippen LogP contribution is 1.98. The minimum Gasteiger partial charge on any atom is -0.461 e. The van der Waals surface area contributed by atoms with Crippen molar-refractivity contribution in [3.05, 3.63) is 0 Å². The Bertz CT molecular complexity index is 159. The average Bonchev–Trinajstić information content (AvgIpc) is 1.84. The summed E-state index contributed by atoms with van der Waals surface area (Å²) in [7, 11) is 0. The minimum absolute atomic E-state index is 0.124. The van der Waals surface area contributed by atoms with Gasteiger partial charge in [-0.05, 0) is 13.8 Å². The number of amides is 1. The summed E-state index contributed by atoms with van der Waals surface area (Å²) in [6.07, 6.45) is -0.286. The fraction of sp³-hybridized carbons (Fsp3) is 0.750. The molecule has 12 heavy (non-hydrogen) atoms. The van der Waals surface area contributed by atoms with Crippen molar-refractivity contribution in [3.63, 3.8) is 0 Å². The molecule has 0 rings (SSSR count). The van der Waals surface area contributed by atoms with Crippen LogP contribution in [-0.4, -0.2) is 24.0 Å². The van der Waals surface area contributed by atoms with Crippen LogP contribution in [0.1, 0.15) is 27.7 Å². The van der Waals surface area contributed by atoms with Gasteiger partial charge >= 0.3 is 5.97 Å². The lowest BCUT2D eigenvalue weighted by atomic mass is 10.2. The molecule has 0 aliphatic carbocycles. The van der Waals surface area contributed by atoms with Gasteiger partial charge in [0, 0.05) is 13.8 Å². The van der Waals surface area contributed by atoms with Gasteiger partial charge in [0.15, 0.2) is 0 Å². The van der Waals surface area contributed by atoms with Crippen molar-refractivity contribution < 1.29 is 14.3 Å². The zero-order chi connectivity index (χ0) is 9.72. The van der Waals surface area contributed by atoms with Crippen molar-refractivity contribution in [2.45, 2.75) is 39.8 Å². The van der Waals surface area contributed by atoms with Crippen LogP contribution >= 0.6 is 0 Å². The molecular weight excluding hydrogens is 158 g/mol. The largest absolute Gasteiger partial charge is 0.461 e. The molecule has 1 N–H and O–H groups in total. The van der Waals surface area contributed by atoms with Gasteiger partial charge in [0.2, 0.25) is 5.91 Å². The van der Waals surface area contributed by atoms with Crippen molar-refractivity contribution in [2.75, 3.05) is 0 Å². The van der Waals surface area contributed by atoms with E-state index in [-0.39, 0.29) is 24.0 Å². The zero-order valence-electron chi connectivity index (χ0n) is 7.88. The topological polar surface area (TPSA) is 55.4 Å². The molecule has 0 aliphatic rings. The van der Waals surface area contributed by atoms with E-state index in [9.17, 15) is 9.59 Å². The standard InChI is InChI=1S/C8H15NO3/c1-5(9-7(3)10)6(2)12-8(4)11/h5-6H,1-4H3,(H,9,10). The highest BCUT2D eigenvalue weighted by molar-refractivity contribution is 5.73. The highest BCUT2D eigenvalue weighted by atomic mass is 16.5. The number of carbonyl (C=O) groups is 2. The average molecular weight is 173 g/mol. The summed E-state index contributed by atoms with van der Waals surface area (Å²) in [6, 6.07) is -0.147. The van der Waals surface area contributed by atoms with Gasteiger partial charge < -0.3 is 10.1 Å². The van der Waals surface area contributed by atoms with E-state index < -0.39 is 0 Å². The monoisotopic (exact) mass is 173 g/mol. The Hall–Kier alpha value is -1.06. The molecule has 0 aliphatic heterocycles. The van der Waals surface area contributed by atoms with Crippen LogP contribution in [0.5, 0.6) is 0 Å². The first kappa shape index (κ1) is 10.9. The smallest absolute Gasteiger partial charge is 0.302 e. The van der Waals surface area contributed by atoms with E-state index in [2.05, 4.69) is 5.32 Å². The van der Waals surface area contributed by atoms with Crippen molar-refractivity contribution in [3.8, 4) is 0 Å². The molecule has 0 fully saturated rings. The van der Waals surface area contributed by atoms with Crippen LogP contribution in [0, 0.1) is 0 Å². The van der Waals surface area contributed by atoms with Gasteiger partial charge in [-0.25, -0.2) is 0 Å². The summed E-state index contributed by atoms with van der Waals surface area (Å²) < 4.78 is 4.86. The number of ether oxygens (including phenoxy) is 1. The van der Waals surface area contributed by atoms with E-state index >= 15 is 0 Å². The van der Waals surface area contributed by atoms with E-state index in [1.807, 2.05) is 0 Å². The first-order valence-electron chi connectivity index (χ1n) is 3.87. The number of carbonyl (C=O) groups excluding carboxylic acids is 2. The molecule has 0 aromatic heterocycles. The second kappa shape index (κ2) is 4.74. The fourth-order valence-corrected chi connectivity index (χ4v) is 0.802. The van der Waals surface area contributed by atoms with Crippen molar-refractivity contribution in [2.24, 2.45) is 0 Å². The summed E-state index contributed by atoms with van der Waals surface area (Å²) in [5.41, 5.74) is 0. The van der Waals surface area contributed by atoms with Crippen LogP contribution < -0.4 is 5.32 Å². The second-order valence-corrected chi connectivity index (χ2v) is 2.80. The molecule has 2 unspecified atom stereocenters. The van der Waals surface area contributed by atoms with Gasteiger partial charge in [0.1, 0.15) is 6.10 Å². The number of nitrogens with one attached hydrogen (secondary N) is 1. The Morgan fingerprint density at radius 2 is 1.75 bits per heavy atom. The Kier molecular flexibility index (Phi) is 4.33. The Balaban J connectivity index is 3.83. The molecule has 0 saturated carbocycles. The predicted octanol–water partition coefficient (Wildman–Crippen LogP) is 0.463. The summed E-state index contributed by atoms with van der Waals surface area (Å²) >= 11 is 0. The Labute approximate surface area is 72.3 Å². The van der Waals surface area contributed by atoms with Gasteiger partial charge in [-0.3, -0.25) is 9.59 Å². The quantitative estimate of drug-likeness (QED) is 0.631. The first-order chi connectivity index (χ1) is 5.43. The van der Waals surface area contributed by atoms with Gasteiger partial charge in [-0.15, -0.1) is 0 Å². The molecule has 0 bridgehead atoms. The lowest BCUT2D eigenvalue weighted by Crippen LogP contribution is -2.40. The fourth-order valence-electron chi connectivity index (χ4n) is 0.802. The van der Waals surface area contributed by atoms with Crippen LogP contribution in [0.15, 0.2) is 0 Å². The molecule has 70 valence electrons. The maximum absolute atomic E-state index is 10.6. The van der Waals surface area contributed by atoms with E-state index in [4.69, 9.17) is 4.74 Å². The third-order valence-electron chi connectivity index (χ3n) is 1.49. The Morgan fingerprint density at radius 3 is 2.08 bits per heavy atom. The van der Waals surface area contributed by atoms with Gasteiger partial charge in [0.25, 0.3) is 0 Å². The number of rotatable bonds is 3. The van der Waals surface area contributed by atoms with E-state index in [0.717, 1.165) is 0 Å². The lowest BCUT2D eigenvalue weighted by Gasteiger charge is -2.19. The third kappa shape index (κ3) is 4.71. The SMILES string of the molecule is CC(=O)NC(C)C(C)OC(C)=O. The highest BCUT2D eigenvalue weighted by Gasteiger charge is 2.14. The molecule has 0 saturated heterocycles. The maximum atomic E-state index is 10.6. The van der Waals surface area contributed by atoms with Crippen LogP contribution in [-0.2, 0) is 14.3 Å². The minimum atomic E-state index is -0.334. The van der Waals surface area contributed by atoms with E-state index in [1.54, 1.807) is 13.8 Å². The molecule has 2 atom stereocenters. The predicted molar refractivity (Wildman–Crippen MR) is 44.5 cm³/mol. The van der Waals surface area contributed by atoms with Gasteiger partial charge in [0.05, 0.1) is 6.04 Å². The third-order valence-corrected chi connectivity index (χ3v) is 1.49. The van der Waals surface area contributed by atoms with E-state index in [0.29, 0.717) is 0 Å². The van der Waals surface area contributed by atoms with Crippen molar-refractivity contribution in [1.29, 1.82) is 0 Å². The molecule has 4 heteroatoms.